The van der Waals surface area contributed by atoms with Gasteiger partial charge in [-0.15, -0.1) is 0 Å². The molecule has 0 aliphatic heterocycles. The first-order valence-electron chi connectivity index (χ1n) is 6.34. The van der Waals surface area contributed by atoms with E-state index in [0.717, 1.165) is 5.56 Å². The van der Waals surface area contributed by atoms with Gasteiger partial charge in [-0.3, -0.25) is 9.59 Å². The number of esters is 1. The quantitative estimate of drug-likeness (QED) is 0.841. The Morgan fingerprint density at radius 3 is 2.52 bits per heavy atom. The molecule has 1 saturated carbocycles. The first-order chi connectivity index (χ1) is 10.0. The number of carbonyl (C=O) groups is 2. The molecule has 3 rings (SSSR count). The number of aromatic nitrogens is 2. The van der Waals surface area contributed by atoms with Crippen molar-refractivity contribution in [2.24, 2.45) is 5.73 Å². The summed E-state index contributed by atoms with van der Waals surface area (Å²) in [4.78, 5) is 29.9. The number of H-pyrrole nitrogens is 1. The standard InChI is InChI=1S/C14H12ClN3O3/c15-9-3-1-8(2-4-9)14(5-6-14)13(20)21-12-10(11(16)19)17-7-18-12/h1-4,7H,5-6H2,(H2,16,19)(H,17,18). The van der Waals surface area contributed by atoms with E-state index < -0.39 is 17.3 Å². The van der Waals surface area contributed by atoms with E-state index in [4.69, 9.17) is 22.1 Å². The summed E-state index contributed by atoms with van der Waals surface area (Å²) in [6, 6.07) is 7.06. The van der Waals surface area contributed by atoms with Crippen LogP contribution in [0.15, 0.2) is 30.6 Å². The Bertz CT molecular complexity index is 705. The van der Waals surface area contributed by atoms with Gasteiger partial charge in [0.2, 0.25) is 0 Å². The SMILES string of the molecule is NC(=O)c1[nH]cnc1OC(=O)C1(c2ccc(Cl)cc2)CC1. The number of ether oxygens (including phenoxy) is 1. The summed E-state index contributed by atoms with van der Waals surface area (Å²) >= 11 is 5.85. The fourth-order valence-corrected chi connectivity index (χ4v) is 2.35. The minimum atomic E-state index is -0.730. The summed E-state index contributed by atoms with van der Waals surface area (Å²) in [6.07, 6.45) is 2.62. The van der Waals surface area contributed by atoms with Crippen molar-refractivity contribution < 1.29 is 14.3 Å². The van der Waals surface area contributed by atoms with Crippen LogP contribution >= 0.6 is 11.6 Å². The van der Waals surface area contributed by atoms with Gasteiger partial charge in [0.25, 0.3) is 11.8 Å². The zero-order valence-corrected chi connectivity index (χ0v) is 11.7. The summed E-state index contributed by atoms with van der Waals surface area (Å²) in [6.45, 7) is 0. The highest BCUT2D eigenvalue weighted by Gasteiger charge is 2.53. The first-order valence-corrected chi connectivity index (χ1v) is 6.72. The monoisotopic (exact) mass is 305 g/mol. The molecule has 0 unspecified atom stereocenters. The van der Waals surface area contributed by atoms with Crippen molar-refractivity contribution in [1.82, 2.24) is 9.97 Å². The second-order valence-electron chi connectivity index (χ2n) is 4.93. The van der Waals surface area contributed by atoms with Crippen LogP contribution in [0.1, 0.15) is 28.9 Å². The predicted octanol–water partition coefficient (Wildman–Crippen LogP) is 1.80. The first kappa shape index (κ1) is 13.6. The van der Waals surface area contributed by atoms with Crippen LogP contribution in [0.25, 0.3) is 0 Å². The topological polar surface area (TPSA) is 98.1 Å². The van der Waals surface area contributed by atoms with Gasteiger partial charge >= 0.3 is 5.97 Å². The fourth-order valence-electron chi connectivity index (χ4n) is 2.23. The van der Waals surface area contributed by atoms with Crippen molar-refractivity contribution in [3.8, 4) is 5.88 Å². The molecule has 3 N–H and O–H groups in total. The summed E-state index contributed by atoms with van der Waals surface area (Å²) in [5.41, 5.74) is 5.31. The molecule has 1 aliphatic carbocycles. The van der Waals surface area contributed by atoms with Crippen molar-refractivity contribution >= 4 is 23.5 Å². The van der Waals surface area contributed by atoms with E-state index in [1.165, 1.54) is 6.33 Å². The number of nitrogens with one attached hydrogen (secondary N) is 1. The molecule has 1 fully saturated rings. The van der Waals surface area contributed by atoms with Crippen molar-refractivity contribution in [3.05, 3.63) is 46.9 Å². The average Bonchev–Trinajstić information content (AvgIpc) is 3.13. The van der Waals surface area contributed by atoms with Crippen LogP contribution in [-0.4, -0.2) is 21.8 Å². The minimum absolute atomic E-state index is 0.0183. The Balaban J connectivity index is 1.83. The number of hydrogen-bond acceptors (Lipinski definition) is 4. The predicted molar refractivity (Wildman–Crippen MR) is 75.1 cm³/mol. The Morgan fingerprint density at radius 2 is 1.95 bits per heavy atom. The second-order valence-corrected chi connectivity index (χ2v) is 5.36. The minimum Gasteiger partial charge on any atom is -0.404 e. The highest BCUT2D eigenvalue weighted by atomic mass is 35.5. The van der Waals surface area contributed by atoms with Gasteiger partial charge in [-0.25, -0.2) is 4.98 Å². The van der Waals surface area contributed by atoms with E-state index in [1.54, 1.807) is 24.3 Å². The lowest BCUT2D eigenvalue weighted by atomic mass is 9.96. The smallest absolute Gasteiger partial charge is 0.323 e. The van der Waals surface area contributed by atoms with Crippen molar-refractivity contribution in [2.45, 2.75) is 18.3 Å². The highest BCUT2D eigenvalue weighted by molar-refractivity contribution is 6.30. The van der Waals surface area contributed by atoms with Crippen LogP contribution in [-0.2, 0) is 10.2 Å². The molecule has 6 nitrogen and oxygen atoms in total. The van der Waals surface area contributed by atoms with Crippen LogP contribution in [0.4, 0.5) is 0 Å². The summed E-state index contributed by atoms with van der Waals surface area (Å²) in [7, 11) is 0. The molecule has 21 heavy (non-hydrogen) atoms. The van der Waals surface area contributed by atoms with Crippen LogP contribution in [0.2, 0.25) is 5.02 Å². The molecule has 108 valence electrons. The van der Waals surface area contributed by atoms with Gasteiger partial charge in [0.05, 0.1) is 11.7 Å². The maximum Gasteiger partial charge on any atom is 0.323 e. The molecule has 1 heterocycles. The third-order valence-electron chi connectivity index (χ3n) is 3.58. The van der Waals surface area contributed by atoms with Gasteiger partial charge in [0.15, 0.2) is 5.69 Å². The Kier molecular flexibility index (Phi) is 3.17. The largest absolute Gasteiger partial charge is 0.404 e. The molecule has 0 bridgehead atoms. The number of primary amides is 1. The molecule has 0 saturated heterocycles. The molecule has 2 aromatic rings. The maximum atomic E-state index is 12.4. The Labute approximate surface area is 125 Å². The number of hydrogen-bond donors (Lipinski definition) is 2. The molecule has 1 amide bonds. The van der Waals surface area contributed by atoms with Crippen molar-refractivity contribution in [1.29, 1.82) is 0 Å². The lowest BCUT2D eigenvalue weighted by Gasteiger charge is -2.14. The van der Waals surface area contributed by atoms with Crippen LogP contribution in [0.3, 0.4) is 0 Å². The van der Waals surface area contributed by atoms with Crippen LogP contribution in [0.5, 0.6) is 5.88 Å². The molecular weight excluding hydrogens is 294 g/mol. The Morgan fingerprint density at radius 1 is 1.29 bits per heavy atom. The molecule has 1 aromatic heterocycles. The second kappa shape index (κ2) is 4.89. The van der Waals surface area contributed by atoms with Gasteiger partial charge in [-0.05, 0) is 30.5 Å². The molecular formula is C14H12ClN3O3. The number of nitrogens with two attached hydrogens (primary N) is 1. The zero-order valence-electron chi connectivity index (χ0n) is 10.9. The molecule has 1 aromatic carbocycles. The zero-order chi connectivity index (χ0) is 15.0. The van der Waals surface area contributed by atoms with Crippen molar-refractivity contribution in [3.63, 3.8) is 0 Å². The Hall–Kier alpha value is -2.34. The lowest BCUT2D eigenvalue weighted by Crippen LogP contribution is -2.27. The summed E-state index contributed by atoms with van der Waals surface area (Å²) < 4.78 is 5.24. The van der Waals surface area contributed by atoms with E-state index >= 15 is 0 Å². The highest BCUT2D eigenvalue weighted by Crippen LogP contribution is 2.49. The van der Waals surface area contributed by atoms with Gasteiger partial charge in [0, 0.05) is 5.02 Å². The number of halogens is 1. The number of nitrogens with zero attached hydrogens (tertiary/aromatic N) is 1. The van der Waals surface area contributed by atoms with Gasteiger partial charge in [0.1, 0.15) is 0 Å². The molecule has 7 heteroatoms. The lowest BCUT2D eigenvalue weighted by molar-refractivity contribution is -0.137. The molecule has 0 atom stereocenters. The molecule has 1 aliphatic rings. The molecule has 0 radical (unpaired) electrons. The number of rotatable bonds is 4. The van der Waals surface area contributed by atoms with Gasteiger partial charge < -0.3 is 15.5 Å². The van der Waals surface area contributed by atoms with Crippen LogP contribution in [0, 0.1) is 0 Å². The van der Waals surface area contributed by atoms with Crippen LogP contribution < -0.4 is 10.5 Å². The average molecular weight is 306 g/mol. The van der Waals surface area contributed by atoms with E-state index in [-0.39, 0.29) is 11.6 Å². The van der Waals surface area contributed by atoms with Gasteiger partial charge in [-0.1, -0.05) is 23.7 Å². The number of carbonyl (C=O) groups excluding carboxylic acids is 2. The van der Waals surface area contributed by atoms with E-state index in [1.807, 2.05) is 0 Å². The fraction of sp³-hybridized carbons (Fsp3) is 0.214. The summed E-state index contributed by atoms with van der Waals surface area (Å²) in [5.74, 6) is -1.26. The van der Waals surface area contributed by atoms with Crippen molar-refractivity contribution in [2.75, 3.05) is 0 Å². The molecule has 0 spiro atoms. The normalized spacial score (nSPS) is 15.5. The number of imidazole rings is 1. The number of aromatic amines is 1. The maximum absolute atomic E-state index is 12.4. The third kappa shape index (κ3) is 2.38. The van der Waals surface area contributed by atoms with E-state index in [2.05, 4.69) is 9.97 Å². The van der Waals surface area contributed by atoms with E-state index in [0.29, 0.717) is 17.9 Å². The number of amides is 1. The third-order valence-corrected chi connectivity index (χ3v) is 3.83. The number of benzene rings is 1. The van der Waals surface area contributed by atoms with Gasteiger partial charge in [-0.2, -0.15) is 0 Å². The van der Waals surface area contributed by atoms with E-state index in [9.17, 15) is 9.59 Å². The summed E-state index contributed by atoms with van der Waals surface area (Å²) in [5, 5.41) is 0.603.